The first-order valence-electron chi connectivity index (χ1n) is 5.64. The number of ether oxygens (including phenoxy) is 1. The summed E-state index contributed by atoms with van der Waals surface area (Å²) >= 11 is 0. The second kappa shape index (κ2) is 5.69. The summed E-state index contributed by atoms with van der Waals surface area (Å²) in [5.74, 6) is 0.690. The van der Waals surface area contributed by atoms with Crippen molar-refractivity contribution in [1.29, 1.82) is 0 Å². The highest BCUT2D eigenvalue weighted by Gasteiger charge is 2.22. The molecule has 0 amide bonds. The van der Waals surface area contributed by atoms with Gasteiger partial charge in [0.15, 0.2) is 0 Å². The molecule has 1 aliphatic rings. The van der Waals surface area contributed by atoms with Crippen molar-refractivity contribution in [2.45, 2.75) is 32.9 Å². The topological polar surface area (TPSA) is 24.5 Å². The standard InChI is InChI=1S/C11H24N2O/c1-9(2)11(12-4)7-13-5-6-14-8-10(13)3/h9-12H,5-8H2,1-4H3. The summed E-state index contributed by atoms with van der Waals surface area (Å²) in [4.78, 5) is 2.52. The third-order valence-corrected chi connectivity index (χ3v) is 3.11. The quantitative estimate of drug-likeness (QED) is 0.731. The van der Waals surface area contributed by atoms with Gasteiger partial charge >= 0.3 is 0 Å². The van der Waals surface area contributed by atoms with E-state index in [0.717, 1.165) is 26.3 Å². The van der Waals surface area contributed by atoms with Crippen LogP contribution in [0, 0.1) is 5.92 Å². The lowest BCUT2D eigenvalue weighted by Gasteiger charge is -2.36. The van der Waals surface area contributed by atoms with Gasteiger partial charge in [0.05, 0.1) is 13.2 Å². The molecular formula is C11H24N2O. The Hall–Kier alpha value is -0.120. The third kappa shape index (κ3) is 3.23. The molecule has 1 N–H and O–H groups in total. The van der Waals surface area contributed by atoms with Gasteiger partial charge < -0.3 is 10.1 Å². The molecule has 0 aliphatic carbocycles. The van der Waals surface area contributed by atoms with Crippen molar-refractivity contribution in [1.82, 2.24) is 10.2 Å². The van der Waals surface area contributed by atoms with E-state index in [2.05, 4.69) is 38.0 Å². The SMILES string of the molecule is CNC(CN1CCOCC1C)C(C)C. The fourth-order valence-electron chi connectivity index (χ4n) is 1.92. The molecule has 1 rings (SSSR count). The Balaban J connectivity index is 2.39. The van der Waals surface area contributed by atoms with Gasteiger partial charge in [-0.2, -0.15) is 0 Å². The maximum Gasteiger partial charge on any atom is 0.0619 e. The molecule has 0 spiro atoms. The zero-order valence-corrected chi connectivity index (χ0v) is 9.92. The number of morpholine rings is 1. The minimum atomic E-state index is 0.568. The van der Waals surface area contributed by atoms with E-state index in [9.17, 15) is 0 Å². The van der Waals surface area contributed by atoms with Crippen molar-refractivity contribution in [2.75, 3.05) is 33.4 Å². The Kier molecular flexibility index (Phi) is 4.85. The maximum atomic E-state index is 5.43. The molecule has 0 bridgehead atoms. The maximum absolute atomic E-state index is 5.43. The van der Waals surface area contributed by atoms with E-state index in [4.69, 9.17) is 4.74 Å². The predicted octanol–water partition coefficient (Wildman–Crippen LogP) is 0.951. The van der Waals surface area contributed by atoms with Crippen LogP contribution in [0.25, 0.3) is 0 Å². The number of likely N-dealkylation sites (N-methyl/N-ethyl adjacent to an activating group) is 1. The molecule has 1 heterocycles. The Morgan fingerprint density at radius 1 is 1.50 bits per heavy atom. The molecule has 14 heavy (non-hydrogen) atoms. The second-order valence-electron chi connectivity index (χ2n) is 4.56. The van der Waals surface area contributed by atoms with E-state index in [1.807, 2.05) is 0 Å². The molecule has 0 saturated carbocycles. The molecule has 3 nitrogen and oxygen atoms in total. The van der Waals surface area contributed by atoms with Crippen molar-refractivity contribution in [2.24, 2.45) is 5.92 Å². The third-order valence-electron chi connectivity index (χ3n) is 3.11. The average Bonchev–Trinajstić information content (AvgIpc) is 2.16. The zero-order chi connectivity index (χ0) is 10.6. The van der Waals surface area contributed by atoms with E-state index >= 15 is 0 Å². The van der Waals surface area contributed by atoms with Crippen molar-refractivity contribution in [3.63, 3.8) is 0 Å². The lowest BCUT2D eigenvalue weighted by molar-refractivity contribution is -0.00618. The summed E-state index contributed by atoms with van der Waals surface area (Å²) in [6.07, 6.45) is 0. The van der Waals surface area contributed by atoms with E-state index < -0.39 is 0 Å². The van der Waals surface area contributed by atoms with Crippen LogP contribution < -0.4 is 5.32 Å². The molecule has 0 aromatic rings. The normalized spacial score (nSPS) is 26.8. The summed E-state index contributed by atoms with van der Waals surface area (Å²) < 4.78 is 5.43. The molecule has 1 aliphatic heterocycles. The number of hydrogen-bond acceptors (Lipinski definition) is 3. The second-order valence-corrected chi connectivity index (χ2v) is 4.56. The summed E-state index contributed by atoms with van der Waals surface area (Å²) in [6, 6.07) is 1.16. The van der Waals surface area contributed by atoms with Crippen LogP contribution in [0.15, 0.2) is 0 Å². The van der Waals surface area contributed by atoms with Gasteiger partial charge in [-0.3, -0.25) is 4.90 Å². The van der Waals surface area contributed by atoms with Gasteiger partial charge in [-0.1, -0.05) is 13.8 Å². The number of hydrogen-bond donors (Lipinski definition) is 1. The van der Waals surface area contributed by atoms with E-state index in [-0.39, 0.29) is 0 Å². The fourth-order valence-corrected chi connectivity index (χ4v) is 1.92. The van der Waals surface area contributed by atoms with Gasteiger partial charge in [0, 0.05) is 25.2 Å². The van der Waals surface area contributed by atoms with Gasteiger partial charge in [-0.15, -0.1) is 0 Å². The van der Waals surface area contributed by atoms with E-state index in [1.165, 1.54) is 0 Å². The molecule has 0 aromatic carbocycles. The highest BCUT2D eigenvalue weighted by Crippen LogP contribution is 2.10. The largest absolute Gasteiger partial charge is 0.379 e. The number of nitrogens with zero attached hydrogens (tertiary/aromatic N) is 1. The van der Waals surface area contributed by atoms with Gasteiger partial charge in [-0.25, -0.2) is 0 Å². The average molecular weight is 200 g/mol. The number of rotatable bonds is 4. The predicted molar refractivity (Wildman–Crippen MR) is 59.5 cm³/mol. The first-order chi connectivity index (χ1) is 6.65. The Bertz CT molecular complexity index is 161. The molecule has 1 saturated heterocycles. The summed E-state index contributed by atoms with van der Waals surface area (Å²) in [7, 11) is 2.05. The summed E-state index contributed by atoms with van der Waals surface area (Å²) in [6.45, 7) is 10.8. The lowest BCUT2D eigenvalue weighted by Crippen LogP contribution is -2.50. The smallest absolute Gasteiger partial charge is 0.0619 e. The Morgan fingerprint density at radius 2 is 2.21 bits per heavy atom. The Labute approximate surface area is 87.8 Å². The van der Waals surface area contributed by atoms with Crippen LogP contribution >= 0.6 is 0 Å². The highest BCUT2D eigenvalue weighted by molar-refractivity contribution is 4.78. The lowest BCUT2D eigenvalue weighted by atomic mass is 10.0. The molecule has 0 aromatic heterocycles. The molecule has 0 radical (unpaired) electrons. The van der Waals surface area contributed by atoms with Crippen molar-refractivity contribution in [3.05, 3.63) is 0 Å². The highest BCUT2D eigenvalue weighted by atomic mass is 16.5. The van der Waals surface area contributed by atoms with E-state index in [0.29, 0.717) is 18.0 Å². The molecule has 84 valence electrons. The van der Waals surface area contributed by atoms with Crippen molar-refractivity contribution < 1.29 is 4.74 Å². The van der Waals surface area contributed by atoms with Crippen LogP contribution in [-0.4, -0.2) is 50.3 Å². The van der Waals surface area contributed by atoms with Gasteiger partial charge in [0.2, 0.25) is 0 Å². The van der Waals surface area contributed by atoms with Crippen LogP contribution in [0.3, 0.4) is 0 Å². The van der Waals surface area contributed by atoms with Crippen LogP contribution in [0.1, 0.15) is 20.8 Å². The van der Waals surface area contributed by atoms with Crippen molar-refractivity contribution >= 4 is 0 Å². The van der Waals surface area contributed by atoms with E-state index in [1.54, 1.807) is 0 Å². The number of nitrogens with one attached hydrogen (secondary N) is 1. The summed E-state index contributed by atoms with van der Waals surface area (Å²) in [5, 5.41) is 3.39. The minimum absolute atomic E-state index is 0.568. The van der Waals surface area contributed by atoms with Crippen LogP contribution in [0.2, 0.25) is 0 Å². The minimum Gasteiger partial charge on any atom is -0.379 e. The van der Waals surface area contributed by atoms with Gasteiger partial charge in [-0.05, 0) is 19.9 Å². The monoisotopic (exact) mass is 200 g/mol. The van der Waals surface area contributed by atoms with Gasteiger partial charge in [0.25, 0.3) is 0 Å². The Morgan fingerprint density at radius 3 is 2.71 bits per heavy atom. The molecule has 2 unspecified atom stereocenters. The van der Waals surface area contributed by atoms with Crippen molar-refractivity contribution in [3.8, 4) is 0 Å². The first-order valence-corrected chi connectivity index (χ1v) is 5.64. The molecule has 3 heteroatoms. The van der Waals surface area contributed by atoms with Crippen LogP contribution in [-0.2, 0) is 4.74 Å². The molecule has 1 fully saturated rings. The first kappa shape index (κ1) is 12.0. The van der Waals surface area contributed by atoms with Crippen LogP contribution in [0.5, 0.6) is 0 Å². The summed E-state index contributed by atoms with van der Waals surface area (Å²) in [5.41, 5.74) is 0. The zero-order valence-electron chi connectivity index (χ0n) is 9.92. The fraction of sp³-hybridized carbons (Fsp3) is 1.00. The van der Waals surface area contributed by atoms with Gasteiger partial charge in [0.1, 0.15) is 0 Å². The molecular weight excluding hydrogens is 176 g/mol. The van der Waals surface area contributed by atoms with Crippen LogP contribution in [0.4, 0.5) is 0 Å². The molecule has 2 atom stereocenters.